The van der Waals surface area contributed by atoms with Crippen LogP contribution in [0.15, 0.2) is 54.6 Å². The number of rotatable bonds is 4. The van der Waals surface area contributed by atoms with Gasteiger partial charge in [-0.25, -0.2) is 4.39 Å². The highest BCUT2D eigenvalue weighted by Crippen LogP contribution is 2.18. The van der Waals surface area contributed by atoms with Gasteiger partial charge in [0.2, 0.25) is 5.91 Å². The van der Waals surface area contributed by atoms with E-state index in [1.165, 1.54) is 24.3 Å². The minimum Gasteiger partial charge on any atom is -0.496 e. The number of benzene rings is 2. The fraction of sp³-hybridized carbons (Fsp3) is 0.0625. The van der Waals surface area contributed by atoms with Crippen molar-refractivity contribution in [3.05, 3.63) is 66.0 Å². The van der Waals surface area contributed by atoms with Crippen LogP contribution in [0.25, 0.3) is 6.08 Å². The number of carbonyl (C=O) groups is 1. The summed E-state index contributed by atoms with van der Waals surface area (Å²) in [6.07, 6.45) is 3.02. The predicted octanol–water partition coefficient (Wildman–Crippen LogP) is 3.49. The number of para-hydroxylation sites is 1. The highest BCUT2D eigenvalue weighted by molar-refractivity contribution is 6.02. The standard InChI is InChI=1S/C16H14FNO2/c1-20-15-8-3-2-5-12(15)9-10-16(19)18-14-7-4-6-13(17)11-14/h2-11H,1H3,(H,18,19). The number of carbonyl (C=O) groups excluding carboxylic acids is 1. The van der Waals surface area contributed by atoms with Gasteiger partial charge in [0.25, 0.3) is 0 Å². The molecule has 0 aromatic heterocycles. The maximum atomic E-state index is 13.0. The van der Waals surface area contributed by atoms with Gasteiger partial charge in [-0.2, -0.15) is 0 Å². The van der Waals surface area contributed by atoms with Gasteiger partial charge in [0, 0.05) is 17.3 Å². The van der Waals surface area contributed by atoms with Crippen LogP contribution in [0.1, 0.15) is 5.56 Å². The molecule has 0 aliphatic carbocycles. The fourth-order valence-corrected chi connectivity index (χ4v) is 1.72. The minimum atomic E-state index is -0.392. The first-order chi connectivity index (χ1) is 9.69. The zero-order valence-electron chi connectivity index (χ0n) is 11.0. The van der Waals surface area contributed by atoms with Gasteiger partial charge in [0.05, 0.1) is 7.11 Å². The molecule has 2 aromatic carbocycles. The Morgan fingerprint density at radius 2 is 2.00 bits per heavy atom. The van der Waals surface area contributed by atoms with Crippen LogP contribution in [-0.4, -0.2) is 13.0 Å². The molecule has 2 aromatic rings. The van der Waals surface area contributed by atoms with Crippen LogP contribution in [-0.2, 0) is 4.79 Å². The lowest BCUT2D eigenvalue weighted by molar-refractivity contribution is -0.111. The lowest BCUT2D eigenvalue weighted by Gasteiger charge is -2.04. The van der Waals surface area contributed by atoms with Gasteiger partial charge in [0.1, 0.15) is 11.6 Å². The monoisotopic (exact) mass is 271 g/mol. The smallest absolute Gasteiger partial charge is 0.248 e. The van der Waals surface area contributed by atoms with E-state index >= 15 is 0 Å². The summed E-state index contributed by atoms with van der Waals surface area (Å²) in [6.45, 7) is 0. The molecule has 2 rings (SSSR count). The number of anilines is 1. The van der Waals surface area contributed by atoms with E-state index in [0.717, 1.165) is 5.56 Å². The Hall–Kier alpha value is -2.62. The molecule has 0 fully saturated rings. The van der Waals surface area contributed by atoms with Crippen molar-refractivity contribution in [1.82, 2.24) is 0 Å². The molecule has 0 aliphatic heterocycles. The van der Waals surface area contributed by atoms with Crippen molar-refractivity contribution in [3.8, 4) is 5.75 Å². The Morgan fingerprint density at radius 1 is 1.20 bits per heavy atom. The molecule has 3 nitrogen and oxygen atoms in total. The molecule has 0 spiro atoms. The van der Waals surface area contributed by atoms with E-state index in [1.807, 2.05) is 24.3 Å². The molecule has 1 N–H and O–H groups in total. The first kappa shape index (κ1) is 13.8. The second kappa shape index (κ2) is 6.52. The lowest BCUT2D eigenvalue weighted by Crippen LogP contribution is -2.07. The van der Waals surface area contributed by atoms with Crippen molar-refractivity contribution in [2.45, 2.75) is 0 Å². The van der Waals surface area contributed by atoms with E-state index in [-0.39, 0.29) is 5.91 Å². The van der Waals surface area contributed by atoms with E-state index in [2.05, 4.69) is 5.32 Å². The van der Waals surface area contributed by atoms with Crippen molar-refractivity contribution in [2.75, 3.05) is 12.4 Å². The van der Waals surface area contributed by atoms with E-state index in [1.54, 1.807) is 19.3 Å². The van der Waals surface area contributed by atoms with Gasteiger partial charge >= 0.3 is 0 Å². The number of hydrogen-bond acceptors (Lipinski definition) is 2. The van der Waals surface area contributed by atoms with E-state index in [0.29, 0.717) is 11.4 Å². The minimum absolute atomic E-state index is 0.332. The van der Waals surface area contributed by atoms with E-state index in [9.17, 15) is 9.18 Å². The van der Waals surface area contributed by atoms with Crippen molar-refractivity contribution in [3.63, 3.8) is 0 Å². The number of halogens is 1. The Morgan fingerprint density at radius 3 is 2.75 bits per heavy atom. The third-order valence-corrected chi connectivity index (χ3v) is 2.65. The van der Waals surface area contributed by atoms with Gasteiger partial charge in [-0.15, -0.1) is 0 Å². The summed E-state index contributed by atoms with van der Waals surface area (Å²) in [5.74, 6) is -0.0414. The summed E-state index contributed by atoms with van der Waals surface area (Å²) >= 11 is 0. The van der Waals surface area contributed by atoms with Gasteiger partial charge < -0.3 is 10.1 Å². The summed E-state index contributed by atoms with van der Waals surface area (Å²) in [6, 6.07) is 13.1. The molecule has 4 heteroatoms. The predicted molar refractivity (Wildman–Crippen MR) is 77.1 cm³/mol. The molecule has 1 amide bonds. The second-order valence-corrected chi connectivity index (χ2v) is 4.07. The molecular weight excluding hydrogens is 257 g/mol. The van der Waals surface area contributed by atoms with Gasteiger partial charge in [-0.05, 0) is 30.3 Å². The molecule has 0 unspecified atom stereocenters. The fourth-order valence-electron chi connectivity index (χ4n) is 1.72. The molecule has 0 saturated carbocycles. The quantitative estimate of drug-likeness (QED) is 0.864. The molecule has 0 radical (unpaired) electrons. The number of nitrogens with one attached hydrogen (secondary N) is 1. The maximum Gasteiger partial charge on any atom is 0.248 e. The number of hydrogen-bond donors (Lipinski definition) is 1. The molecule has 0 atom stereocenters. The Balaban J connectivity index is 2.06. The Labute approximate surface area is 116 Å². The van der Waals surface area contributed by atoms with Crippen molar-refractivity contribution >= 4 is 17.7 Å². The Kier molecular flexibility index (Phi) is 4.50. The van der Waals surface area contributed by atoms with Crippen LogP contribution in [0.5, 0.6) is 5.75 Å². The molecule has 0 aliphatic rings. The van der Waals surface area contributed by atoms with Crippen LogP contribution < -0.4 is 10.1 Å². The first-order valence-corrected chi connectivity index (χ1v) is 6.06. The zero-order chi connectivity index (χ0) is 14.4. The van der Waals surface area contributed by atoms with Crippen LogP contribution in [0.4, 0.5) is 10.1 Å². The largest absolute Gasteiger partial charge is 0.496 e. The highest BCUT2D eigenvalue weighted by atomic mass is 19.1. The van der Waals surface area contributed by atoms with Crippen LogP contribution in [0.3, 0.4) is 0 Å². The molecular formula is C16H14FNO2. The number of amides is 1. The van der Waals surface area contributed by atoms with E-state index in [4.69, 9.17) is 4.74 Å². The summed E-state index contributed by atoms with van der Waals surface area (Å²) in [7, 11) is 1.57. The maximum absolute atomic E-state index is 13.0. The normalized spacial score (nSPS) is 10.5. The molecule has 20 heavy (non-hydrogen) atoms. The average Bonchev–Trinajstić information content (AvgIpc) is 2.45. The van der Waals surface area contributed by atoms with Gasteiger partial charge in [-0.1, -0.05) is 24.3 Å². The van der Waals surface area contributed by atoms with Gasteiger partial charge in [0.15, 0.2) is 0 Å². The van der Waals surface area contributed by atoms with Crippen molar-refractivity contribution in [1.29, 1.82) is 0 Å². The van der Waals surface area contributed by atoms with Crippen molar-refractivity contribution in [2.24, 2.45) is 0 Å². The van der Waals surface area contributed by atoms with Crippen LogP contribution >= 0.6 is 0 Å². The SMILES string of the molecule is COc1ccccc1C=CC(=O)Nc1cccc(F)c1. The average molecular weight is 271 g/mol. The first-order valence-electron chi connectivity index (χ1n) is 6.06. The number of methoxy groups -OCH3 is 1. The van der Waals surface area contributed by atoms with E-state index < -0.39 is 5.82 Å². The molecule has 0 bridgehead atoms. The highest BCUT2D eigenvalue weighted by Gasteiger charge is 2.01. The van der Waals surface area contributed by atoms with Crippen molar-refractivity contribution < 1.29 is 13.9 Å². The zero-order valence-corrected chi connectivity index (χ0v) is 11.0. The van der Waals surface area contributed by atoms with Gasteiger partial charge in [-0.3, -0.25) is 4.79 Å². The molecule has 0 saturated heterocycles. The summed E-state index contributed by atoms with van der Waals surface area (Å²) in [5, 5.41) is 2.58. The van der Waals surface area contributed by atoms with Crippen LogP contribution in [0, 0.1) is 5.82 Å². The summed E-state index contributed by atoms with van der Waals surface area (Å²) in [4.78, 5) is 11.7. The Bertz CT molecular complexity index is 638. The topological polar surface area (TPSA) is 38.3 Å². The third-order valence-electron chi connectivity index (χ3n) is 2.65. The second-order valence-electron chi connectivity index (χ2n) is 4.07. The van der Waals surface area contributed by atoms with Crippen LogP contribution in [0.2, 0.25) is 0 Å². The summed E-state index contributed by atoms with van der Waals surface area (Å²) < 4.78 is 18.2. The lowest BCUT2D eigenvalue weighted by atomic mass is 10.2. The molecule has 0 heterocycles. The third kappa shape index (κ3) is 3.68. The summed E-state index contributed by atoms with van der Waals surface area (Å²) in [5.41, 5.74) is 1.21. The number of ether oxygens (including phenoxy) is 1. The molecule has 102 valence electrons.